The minimum absolute atomic E-state index is 0.0306. The maximum atomic E-state index is 14.2. The van der Waals surface area contributed by atoms with Gasteiger partial charge in [-0.25, -0.2) is 9.59 Å². The zero-order valence-corrected chi connectivity index (χ0v) is 61.1. The van der Waals surface area contributed by atoms with Crippen LogP contribution in [0.1, 0.15) is 199 Å². The smallest absolute Gasteiger partial charge is 0.333 e. The van der Waals surface area contributed by atoms with E-state index < -0.39 is 133 Å². The Bertz CT molecular complexity index is 2400. The van der Waals surface area contributed by atoms with Crippen molar-refractivity contribution in [2.45, 2.75) is 333 Å². The van der Waals surface area contributed by atoms with Crippen LogP contribution < -0.4 is 0 Å². The lowest BCUT2D eigenvalue weighted by atomic mass is 9.78. The van der Waals surface area contributed by atoms with Crippen molar-refractivity contribution < 1.29 is 97.8 Å². The largest absolute Gasteiger partial charge is 0.458 e. The first-order chi connectivity index (χ1) is 45.4. The summed E-state index contributed by atoms with van der Waals surface area (Å²) < 4.78 is 61.4. The van der Waals surface area contributed by atoms with E-state index in [2.05, 4.69) is 0 Å². The van der Waals surface area contributed by atoms with Gasteiger partial charge in [0, 0.05) is 101 Å². The monoisotopic (exact) mass is 1360 g/mol. The van der Waals surface area contributed by atoms with E-state index in [1.807, 2.05) is 92.7 Å². The summed E-state index contributed by atoms with van der Waals surface area (Å²) >= 11 is 0. The molecule has 0 aliphatic carbocycles. The molecule has 554 valence electrons. The van der Waals surface area contributed by atoms with Crippen LogP contribution in [0.25, 0.3) is 0 Å². The summed E-state index contributed by atoms with van der Waals surface area (Å²) in [5.41, 5.74) is 0.927. The Labute approximate surface area is 575 Å². The van der Waals surface area contributed by atoms with Gasteiger partial charge in [0.2, 0.25) is 0 Å². The summed E-state index contributed by atoms with van der Waals surface area (Å²) in [6, 6.07) is 0. The van der Waals surface area contributed by atoms with Gasteiger partial charge in [0.15, 0.2) is 0 Å². The fourth-order valence-electron chi connectivity index (χ4n) is 15.2. The molecule has 30 atom stereocenters. The van der Waals surface area contributed by atoms with Crippen molar-refractivity contribution >= 4 is 11.9 Å². The molecule has 8 N–H and O–H groups in total. The highest BCUT2D eigenvalue weighted by atomic mass is 16.6. The van der Waals surface area contributed by atoms with Gasteiger partial charge in [-0.3, -0.25) is 0 Å². The quantitative estimate of drug-likeness (QED) is 0.0527. The Kier molecular flexibility index (Phi) is 36.4. The van der Waals surface area contributed by atoms with Crippen molar-refractivity contribution in [3.05, 3.63) is 59.8 Å². The third kappa shape index (κ3) is 26.7. The molecule has 4 bridgehead atoms. The second kappa shape index (κ2) is 41.8. The fraction of sp³-hybridized carbons (Fsp3) is 0.842. The number of carbonyl (C=O) groups is 2. The number of methoxy groups -OCH3 is 4. The highest BCUT2D eigenvalue weighted by molar-refractivity contribution is 5.87. The number of hydrogen-bond acceptors (Lipinski definition) is 20. The summed E-state index contributed by atoms with van der Waals surface area (Å²) in [7, 11) is 6.57. The van der Waals surface area contributed by atoms with Crippen LogP contribution in [-0.2, 0) is 57.0 Å². The van der Waals surface area contributed by atoms with Gasteiger partial charge < -0.3 is 88.2 Å². The summed E-state index contributed by atoms with van der Waals surface area (Å²) in [6.07, 6.45) is 10.3. The predicted molar refractivity (Wildman–Crippen MR) is 368 cm³/mol. The summed E-state index contributed by atoms with van der Waals surface area (Å²) in [5.74, 6) is -5.57. The third-order valence-electron chi connectivity index (χ3n) is 22.1. The molecule has 5 aliphatic heterocycles. The van der Waals surface area contributed by atoms with Crippen LogP contribution in [0.15, 0.2) is 59.8 Å². The SMILES string of the molecule is CO[C@H]1C[C@H](CC[C@H](C)[C@H](O)[C@H](C)[C@H]2OC(=O)/C=C/C(C)=C/C[C@@H](O)C[C@H]3C=CC[C@@H](C[C@H](OC)[C@@H](C)[C@@H](O)C[C@@H](O)[C@H](C)[C@@H]([C@@H](C)[C@@H](O)[C@@H](C)CC[C@H]4C[C@H](OC)C[C@H](C)O4)OC(=O)/C(C)=C/C[C@H](O)C[C@@H]4C=CC[C@@H](C[C@H](OC)[C@@H](C)[C@@H](O)C[C@@H](O)[C@@H]2C)O4)O3)O[C@@H](C)C1. The van der Waals surface area contributed by atoms with E-state index >= 15 is 0 Å². The molecule has 5 rings (SSSR count). The average molecular weight is 1360 g/mol. The molecule has 20 heteroatoms. The van der Waals surface area contributed by atoms with E-state index in [1.54, 1.807) is 61.4 Å². The molecule has 96 heavy (non-hydrogen) atoms. The number of ether oxygens (including phenoxy) is 10. The Morgan fingerprint density at radius 1 is 0.479 bits per heavy atom. The highest BCUT2D eigenvalue weighted by Gasteiger charge is 2.43. The van der Waals surface area contributed by atoms with Gasteiger partial charge in [0.25, 0.3) is 0 Å². The van der Waals surface area contributed by atoms with Crippen LogP contribution in [0.5, 0.6) is 0 Å². The molecule has 0 radical (unpaired) electrons. The van der Waals surface area contributed by atoms with Gasteiger partial charge in [0.05, 0.1) is 122 Å². The number of rotatable bonds is 16. The van der Waals surface area contributed by atoms with Crippen molar-refractivity contribution in [1.29, 1.82) is 0 Å². The highest BCUT2D eigenvalue weighted by Crippen LogP contribution is 2.37. The Morgan fingerprint density at radius 3 is 1.30 bits per heavy atom. The molecule has 0 unspecified atom stereocenters. The van der Waals surface area contributed by atoms with Crippen LogP contribution in [0.2, 0.25) is 0 Å². The van der Waals surface area contributed by atoms with Crippen LogP contribution in [-0.4, -0.2) is 216 Å². The maximum Gasteiger partial charge on any atom is 0.333 e. The first kappa shape index (κ1) is 83.7. The van der Waals surface area contributed by atoms with Crippen molar-refractivity contribution in [1.82, 2.24) is 0 Å². The standard InChI is InChI=1S/C76H130O20/c1-43-23-28-55(77)35-57-19-17-21-59(93-57)39-70(90-16)50(8)66(80)42-68(82)52(10)75(54(12)73(85)45(3)27-31-62-38-64(88-14)34-48(6)92-62)96-76(86)46(4)25-29-56(78)36-58-20-18-22-60(94-58)40-69(89-15)49(7)65(79)41-67(81)51(9)74(95-71(83)32-24-43)53(11)72(84)44(2)26-30-61-37-63(87-13)33-47(5)91-61/h17-20,23-25,32,44-45,47-70,72-75,77-82,84-85H,21-22,26-31,33-42H2,1-16H3/b32-24+,43-23+,46-25+/t44-,45-,47-,48-,49-,50-,51-,52-,53-,54-,55+,56-,57+,58-,59-,60-,61-,62-,63+,64+,65-,66-,67+,68+,69-,70-,72-,73-,74-,75-/m0/s1. The normalized spacial score (nSPS) is 41.2. The molecule has 0 amide bonds. The average Bonchev–Trinajstić information content (AvgIpc) is 0.856. The maximum absolute atomic E-state index is 14.2. The van der Waals surface area contributed by atoms with E-state index in [0.29, 0.717) is 56.9 Å². The van der Waals surface area contributed by atoms with Crippen molar-refractivity contribution in [2.24, 2.45) is 47.3 Å². The number of cyclic esters (lactones) is 2. The molecular formula is C76H130O20. The number of carbonyl (C=O) groups excluding carboxylic acids is 2. The molecule has 20 nitrogen and oxygen atoms in total. The van der Waals surface area contributed by atoms with E-state index in [9.17, 15) is 50.4 Å². The minimum atomic E-state index is -1.18. The predicted octanol–water partition coefficient (Wildman–Crippen LogP) is 9.55. The molecule has 0 aromatic carbocycles. The van der Waals surface area contributed by atoms with E-state index in [-0.39, 0.29) is 105 Å². The lowest BCUT2D eigenvalue weighted by Crippen LogP contribution is -2.46. The minimum Gasteiger partial charge on any atom is -0.458 e. The summed E-state index contributed by atoms with van der Waals surface area (Å²) in [4.78, 5) is 28.1. The van der Waals surface area contributed by atoms with Gasteiger partial charge in [0.1, 0.15) is 12.2 Å². The zero-order chi connectivity index (χ0) is 71.1. The Hall–Kier alpha value is -3.00. The van der Waals surface area contributed by atoms with Gasteiger partial charge in [-0.15, -0.1) is 0 Å². The molecule has 2 fully saturated rings. The van der Waals surface area contributed by atoms with E-state index in [4.69, 9.17) is 47.4 Å². The molecule has 0 saturated carbocycles. The molecule has 0 aromatic rings. The lowest BCUT2D eigenvalue weighted by Gasteiger charge is -2.38. The van der Waals surface area contributed by atoms with Crippen LogP contribution in [0.3, 0.4) is 0 Å². The molecule has 0 spiro atoms. The number of hydrogen-bond donors (Lipinski definition) is 8. The van der Waals surface area contributed by atoms with Gasteiger partial charge in [-0.2, -0.15) is 0 Å². The Morgan fingerprint density at radius 2 is 0.885 bits per heavy atom. The van der Waals surface area contributed by atoms with Crippen LogP contribution in [0.4, 0.5) is 0 Å². The third-order valence-corrected chi connectivity index (χ3v) is 22.1. The van der Waals surface area contributed by atoms with Crippen LogP contribution >= 0.6 is 0 Å². The number of allylic oxidation sites excluding steroid dienone is 2. The van der Waals surface area contributed by atoms with E-state index in [1.165, 1.54) is 6.08 Å². The van der Waals surface area contributed by atoms with Gasteiger partial charge in [-0.05, 0) is 129 Å². The number of fused-ring (bicyclic) bond motifs is 4. The molecule has 5 heterocycles. The molecule has 5 aliphatic rings. The first-order valence-corrected chi connectivity index (χ1v) is 36.4. The molecule has 2 saturated heterocycles. The first-order valence-electron chi connectivity index (χ1n) is 36.4. The van der Waals surface area contributed by atoms with Gasteiger partial charge >= 0.3 is 11.9 Å². The van der Waals surface area contributed by atoms with Crippen molar-refractivity contribution in [3.8, 4) is 0 Å². The number of esters is 2. The zero-order valence-electron chi connectivity index (χ0n) is 61.1. The van der Waals surface area contributed by atoms with Crippen molar-refractivity contribution in [3.63, 3.8) is 0 Å². The lowest BCUT2D eigenvalue weighted by molar-refractivity contribution is -0.159. The van der Waals surface area contributed by atoms with Crippen LogP contribution in [0, 0.1) is 47.3 Å². The summed E-state index contributed by atoms with van der Waals surface area (Å²) in [6.45, 7) is 22.3. The number of aliphatic hydroxyl groups excluding tert-OH is 8. The topological polar surface area (TPSA) is 288 Å². The van der Waals surface area contributed by atoms with Gasteiger partial charge in [-0.1, -0.05) is 103 Å². The van der Waals surface area contributed by atoms with Crippen molar-refractivity contribution in [2.75, 3.05) is 28.4 Å². The fourth-order valence-corrected chi connectivity index (χ4v) is 15.2. The summed E-state index contributed by atoms with van der Waals surface area (Å²) in [5, 5.41) is 94.6. The Balaban J connectivity index is 1.37. The second-order valence-corrected chi connectivity index (χ2v) is 29.9. The second-order valence-electron chi connectivity index (χ2n) is 29.9. The molecular weight excluding hydrogens is 1230 g/mol. The van der Waals surface area contributed by atoms with E-state index in [0.717, 1.165) is 25.7 Å². The molecule has 0 aromatic heterocycles. The number of aliphatic hydroxyl groups is 8.